The van der Waals surface area contributed by atoms with Crippen molar-refractivity contribution in [2.75, 3.05) is 13.1 Å². The van der Waals surface area contributed by atoms with E-state index in [9.17, 15) is 9.59 Å². The quantitative estimate of drug-likeness (QED) is 0.774. The van der Waals surface area contributed by atoms with Crippen LogP contribution in [0.3, 0.4) is 0 Å². The molecule has 0 bridgehead atoms. The number of hydrogen-bond acceptors (Lipinski definition) is 2. The van der Waals surface area contributed by atoms with Crippen LogP contribution in [0, 0.1) is 18.8 Å². The van der Waals surface area contributed by atoms with E-state index < -0.39 is 0 Å². The summed E-state index contributed by atoms with van der Waals surface area (Å²) in [7, 11) is 0. The molecule has 27 heavy (non-hydrogen) atoms. The molecule has 0 aromatic heterocycles. The van der Waals surface area contributed by atoms with Gasteiger partial charge in [-0.1, -0.05) is 32.0 Å². The van der Waals surface area contributed by atoms with Crippen molar-refractivity contribution in [3.05, 3.63) is 59.2 Å². The number of benzene rings is 2. The second-order valence-corrected chi connectivity index (χ2v) is 7.86. The molecule has 1 aliphatic carbocycles. The average Bonchev–Trinajstić information content (AvgIpc) is 3.49. The Balaban J connectivity index is 1.73. The van der Waals surface area contributed by atoms with Gasteiger partial charge in [-0.05, 0) is 72.6 Å². The van der Waals surface area contributed by atoms with Crippen LogP contribution in [-0.4, -0.2) is 24.9 Å². The monoisotopic (exact) mass is 364 g/mol. The van der Waals surface area contributed by atoms with Gasteiger partial charge in [0.2, 0.25) is 0 Å². The number of aryl methyl sites for hydroxylation is 1. The Bertz CT molecular complexity index is 821. The van der Waals surface area contributed by atoms with E-state index in [2.05, 4.69) is 24.5 Å². The topological polar surface area (TPSA) is 58.2 Å². The predicted octanol–water partition coefficient (Wildman–Crippen LogP) is 4.19. The molecule has 0 saturated heterocycles. The lowest BCUT2D eigenvalue weighted by Crippen LogP contribution is -2.27. The highest BCUT2D eigenvalue weighted by atomic mass is 16.2. The SMILES string of the molecule is Cc1ccc(C(=O)NCC(C)C)cc1-c1ccc(C(=O)NCC2CC2)cc1. The lowest BCUT2D eigenvalue weighted by molar-refractivity contribution is 0.0942. The Morgan fingerprint density at radius 3 is 2.22 bits per heavy atom. The van der Waals surface area contributed by atoms with Crippen molar-refractivity contribution in [1.29, 1.82) is 0 Å². The fourth-order valence-electron chi connectivity index (χ4n) is 2.94. The van der Waals surface area contributed by atoms with Crippen LogP contribution in [0.4, 0.5) is 0 Å². The summed E-state index contributed by atoms with van der Waals surface area (Å²) < 4.78 is 0. The maximum Gasteiger partial charge on any atom is 0.251 e. The normalized spacial score (nSPS) is 13.5. The molecular weight excluding hydrogens is 336 g/mol. The number of nitrogens with one attached hydrogen (secondary N) is 2. The van der Waals surface area contributed by atoms with Crippen LogP contribution >= 0.6 is 0 Å². The summed E-state index contributed by atoms with van der Waals surface area (Å²) in [6, 6.07) is 13.3. The van der Waals surface area contributed by atoms with Crippen molar-refractivity contribution < 1.29 is 9.59 Å². The Morgan fingerprint density at radius 2 is 1.59 bits per heavy atom. The standard InChI is InChI=1S/C23H28N2O2/c1-15(2)13-24-23(27)20-7-4-16(3)21(12-20)18-8-10-19(11-9-18)22(26)25-14-17-5-6-17/h4,7-12,15,17H,5-6,13-14H2,1-3H3,(H,24,27)(H,25,26). The van der Waals surface area contributed by atoms with Crippen LogP contribution in [0.2, 0.25) is 0 Å². The molecule has 2 aromatic rings. The third-order valence-electron chi connectivity index (χ3n) is 4.88. The first-order valence-corrected chi connectivity index (χ1v) is 9.71. The van der Waals surface area contributed by atoms with Gasteiger partial charge in [-0.3, -0.25) is 9.59 Å². The second-order valence-electron chi connectivity index (χ2n) is 7.86. The van der Waals surface area contributed by atoms with E-state index in [0.717, 1.165) is 23.2 Å². The highest BCUT2D eigenvalue weighted by Crippen LogP contribution is 2.28. The average molecular weight is 364 g/mol. The summed E-state index contributed by atoms with van der Waals surface area (Å²) in [5, 5.41) is 5.94. The fourth-order valence-corrected chi connectivity index (χ4v) is 2.94. The lowest BCUT2D eigenvalue weighted by Gasteiger charge is -2.12. The third kappa shape index (κ3) is 5.19. The van der Waals surface area contributed by atoms with Gasteiger partial charge in [0.05, 0.1) is 0 Å². The van der Waals surface area contributed by atoms with Crippen LogP contribution in [0.1, 0.15) is 53.0 Å². The summed E-state index contributed by atoms with van der Waals surface area (Å²) in [4.78, 5) is 24.6. The van der Waals surface area contributed by atoms with Gasteiger partial charge in [0.15, 0.2) is 0 Å². The van der Waals surface area contributed by atoms with E-state index in [4.69, 9.17) is 0 Å². The second kappa shape index (κ2) is 8.38. The zero-order valence-corrected chi connectivity index (χ0v) is 16.3. The van der Waals surface area contributed by atoms with Crippen LogP contribution in [0.25, 0.3) is 11.1 Å². The Hall–Kier alpha value is -2.62. The van der Waals surface area contributed by atoms with E-state index >= 15 is 0 Å². The molecule has 4 heteroatoms. The minimum atomic E-state index is -0.0546. The predicted molar refractivity (Wildman–Crippen MR) is 109 cm³/mol. The van der Waals surface area contributed by atoms with Crippen molar-refractivity contribution in [2.24, 2.45) is 11.8 Å². The van der Waals surface area contributed by atoms with Gasteiger partial charge < -0.3 is 10.6 Å². The van der Waals surface area contributed by atoms with E-state index in [1.807, 2.05) is 49.4 Å². The highest BCUT2D eigenvalue weighted by Gasteiger charge is 2.21. The van der Waals surface area contributed by atoms with Gasteiger partial charge in [-0.15, -0.1) is 0 Å². The number of rotatable bonds is 7. The molecule has 0 unspecified atom stereocenters. The molecule has 2 amide bonds. The van der Waals surface area contributed by atoms with Gasteiger partial charge in [0, 0.05) is 24.2 Å². The summed E-state index contributed by atoms with van der Waals surface area (Å²) in [5.74, 6) is 1.01. The maximum absolute atomic E-state index is 12.4. The number of carbonyl (C=O) groups excluding carboxylic acids is 2. The van der Waals surface area contributed by atoms with Crippen molar-refractivity contribution in [1.82, 2.24) is 10.6 Å². The molecule has 0 atom stereocenters. The van der Waals surface area contributed by atoms with Crippen molar-refractivity contribution in [2.45, 2.75) is 33.6 Å². The van der Waals surface area contributed by atoms with Crippen molar-refractivity contribution in [3.8, 4) is 11.1 Å². The fraction of sp³-hybridized carbons (Fsp3) is 0.391. The lowest BCUT2D eigenvalue weighted by atomic mass is 9.97. The number of hydrogen-bond donors (Lipinski definition) is 2. The molecule has 2 aromatic carbocycles. The van der Waals surface area contributed by atoms with E-state index in [0.29, 0.717) is 29.5 Å². The molecule has 3 rings (SSSR count). The largest absolute Gasteiger partial charge is 0.352 e. The van der Waals surface area contributed by atoms with Gasteiger partial charge in [-0.2, -0.15) is 0 Å². The molecule has 1 fully saturated rings. The molecule has 0 heterocycles. The number of carbonyl (C=O) groups is 2. The summed E-state index contributed by atoms with van der Waals surface area (Å²) >= 11 is 0. The molecule has 2 N–H and O–H groups in total. The van der Waals surface area contributed by atoms with Crippen LogP contribution in [0.15, 0.2) is 42.5 Å². The first kappa shape index (κ1) is 19.2. The maximum atomic E-state index is 12.4. The minimum Gasteiger partial charge on any atom is -0.352 e. The summed E-state index contributed by atoms with van der Waals surface area (Å²) in [5.41, 5.74) is 4.44. The smallest absolute Gasteiger partial charge is 0.251 e. The molecule has 0 spiro atoms. The summed E-state index contributed by atoms with van der Waals surface area (Å²) in [6.45, 7) is 7.60. The molecule has 0 aliphatic heterocycles. The molecule has 142 valence electrons. The summed E-state index contributed by atoms with van der Waals surface area (Å²) in [6.07, 6.45) is 2.44. The zero-order valence-electron chi connectivity index (χ0n) is 16.3. The van der Waals surface area contributed by atoms with Crippen LogP contribution in [0.5, 0.6) is 0 Å². The molecule has 1 saturated carbocycles. The Kier molecular flexibility index (Phi) is 5.94. The Labute approximate surface area is 161 Å². The first-order valence-electron chi connectivity index (χ1n) is 9.71. The van der Waals surface area contributed by atoms with Gasteiger partial charge in [0.1, 0.15) is 0 Å². The molecule has 0 radical (unpaired) electrons. The van der Waals surface area contributed by atoms with Crippen molar-refractivity contribution in [3.63, 3.8) is 0 Å². The molecule has 4 nitrogen and oxygen atoms in total. The van der Waals surface area contributed by atoms with Crippen molar-refractivity contribution >= 4 is 11.8 Å². The highest BCUT2D eigenvalue weighted by molar-refractivity contribution is 5.96. The number of amides is 2. The van der Waals surface area contributed by atoms with Gasteiger partial charge >= 0.3 is 0 Å². The van der Waals surface area contributed by atoms with Gasteiger partial charge in [-0.25, -0.2) is 0 Å². The van der Waals surface area contributed by atoms with Gasteiger partial charge in [0.25, 0.3) is 11.8 Å². The zero-order chi connectivity index (χ0) is 19.4. The van der Waals surface area contributed by atoms with E-state index in [1.165, 1.54) is 12.8 Å². The van der Waals surface area contributed by atoms with E-state index in [-0.39, 0.29) is 11.8 Å². The van der Waals surface area contributed by atoms with Crippen LogP contribution in [-0.2, 0) is 0 Å². The first-order chi connectivity index (χ1) is 12.9. The molecular formula is C23H28N2O2. The third-order valence-corrected chi connectivity index (χ3v) is 4.88. The Morgan fingerprint density at radius 1 is 0.963 bits per heavy atom. The van der Waals surface area contributed by atoms with E-state index in [1.54, 1.807) is 0 Å². The van der Waals surface area contributed by atoms with Crippen LogP contribution < -0.4 is 10.6 Å². The minimum absolute atomic E-state index is 0.0213. The molecule has 1 aliphatic rings.